The number of nitrogens with two attached hydrogens (primary N) is 1. The average molecular weight is 247 g/mol. The van der Waals surface area contributed by atoms with Crippen LogP contribution in [-0.4, -0.2) is 34.1 Å². The number of fused-ring (bicyclic) bond motifs is 1. The first-order chi connectivity index (χ1) is 8.78. The Morgan fingerprint density at radius 3 is 2.56 bits per heavy atom. The van der Waals surface area contributed by atoms with Gasteiger partial charge >= 0.3 is 0 Å². The van der Waals surface area contributed by atoms with Crippen LogP contribution in [0.1, 0.15) is 25.0 Å². The molecule has 0 bridgehead atoms. The first-order valence-corrected chi connectivity index (χ1v) is 6.33. The molecule has 96 valence electrons. The van der Waals surface area contributed by atoms with Gasteiger partial charge in [0.15, 0.2) is 5.84 Å². The molecule has 1 aromatic heterocycles. The summed E-state index contributed by atoms with van der Waals surface area (Å²) in [7, 11) is 0. The second-order valence-corrected chi connectivity index (χ2v) is 5.10. The van der Waals surface area contributed by atoms with Crippen LogP contribution >= 0.6 is 0 Å². The van der Waals surface area contributed by atoms with Gasteiger partial charge in [0.05, 0.1) is 12.4 Å². The molecule has 6 heteroatoms. The molecule has 1 saturated heterocycles. The van der Waals surface area contributed by atoms with E-state index in [0.29, 0.717) is 5.69 Å². The van der Waals surface area contributed by atoms with Crippen molar-refractivity contribution in [1.82, 2.24) is 9.97 Å². The Bertz CT molecular complexity index is 446. The van der Waals surface area contributed by atoms with Crippen molar-refractivity contribution in [2.45, 2.75) is 19.3 Å². The summed E-state index contributed by atoms with van der Waals surface area (Å²) in [6, 6.07) is 0. The second-order valence-electron chi connectivity index (χ2n) is 5.10. The minimum absolute atomic E-state index is 0.00709. The summed E-state index contributed by atoms with van der Waals surface area (Å²) in [6.07, 6.45) is 7.32. The molecule has 3 N–H and O–H groups in total. The van der Waals surface area contributed by atoms with Crippen LogP contribution in [0.4, 0.5) is 5.82 Å². The van der Waals surface area contributed by atoms with Gasteiger partial charge in [-0.3, -0.25) is 0 Å². The Morgan fingerprint density at radius 1 is 1.28 bits per heavy atom. The highest BCUT2D eigenvalue weighted by Crippen LogP contribution is 2.38. The van der Waals surface area contributed by atoms with Crippen molar-refractivity contribution in [3.8, 4) is 0 Å². The number of amidine groups is 1. The fraction of sp³-hybridized carbons (Fsp3) is 0.583. The molecule has 0 amide bonds. The lowest BCUT2D eigenvalue weighted by Gasteiger charge is -2.17. The molecule has 1 saturated carbocycles. The van der Waals surface area contributed by atoms with E-state index in [4.69, 9.17) is 10.9 Å². The van der Waals surface area contributed by atoms with Crippen molar-refractivity contribution >= 4 is 11.7 Å². The van der Waals surface area contributed by atoms with E-state index < -0.39 is 0 Å². The van der Waals surface area contributed by atoms with Gasteiger partial charge in [0.1, 0.15) is 11.5 Å². The van der Waals surface area contributed by atoms with Crippen LogP contribution in [0.5, 0.6) is 0 Å². The average Bonchev–Trinajstić information content (AvgIpc) is 2.99. The molecule has 1 aliphatic carbocycles. The van der Waals surface area contributed by atoms with Crippen LogP contribution in [0.25, 0.3) is 0 Å². The van der Waals surface area contributed by atoms with Crippen molar-refractivity contribution in [2.24, 2.45) is 22.7 Å². The van der Waals surface area contributed by atoms with E-state index in [-0.39, 0.29) is 5.84 Å². The van der Waals surface area contributed by atoms with E-state index in [1.807, 2.05) is 0 Å². The zero-order valence-corrected chi connectivity index (χ0v) is 10.2. The number of anilines is 1. The molecule has 0 radical (unpaired) electrons. The molecule has 2 unspecified atom stereocenters. The molecule has 1 aromatic rings. The summed E-state index contributed by atoms with van der Waals surface area (Å²) in [6.45, 7) is 2.17. The van der Waals surface area contributed by atoms with Gasteiger partial charge < -0.3 is 15.8 Å². The Morgan fingerprint density at radius 2 is 2.00 bits per heavy atom. The van der Waals surface area contributed by atoms with Crippen LogP contribution in [0.3, 0.4) is 0 Å². The molecule has 2 fully saturated rings. The molecule has 6 nitrogen and oxygen atoms in total. The monoisotopic (exact) mass is 247 g/mol. The Labute approximate surface area is 106 Å². The standard InChI is InChI=1S/C12H17N5O/c13-12(16-18)10-4-15-11(5-14-10)17-6-8-2-1-3-9(8)7-17/h4-5,8-9,18H,1-3,6-7H2,(H2,13,16). The SMILES string of the molecule is NC(=NO)c1cnc(N2CC3CCCC3C2)cn1. The summed E-state index contributed by atoms with van der Waals surface area (Å²) in [4.78, 5) is 10.8. The largest absolute Gasteiger partial charge is 0.409 e. The third-order valence-electron chi connectivity index (χ3n) is 4.06. The third kappa shape index (κ3) is 1.87. The number of nitrogens with zero attached hydrogens (tertiary/aromatic N) is 4. The molecule has 3 rings (SSSR count). The highest BCUT2D eigenvalue weighted by Gasteiger charge is 2.36. The molecule has 2 atom stereocenters. The third-order valence-corrected chi connectivity index (χ3v) is 4.06. The molecular formula is C12H17N5O. The second kappa shape index (κ2) is 4.44. The predicted molar refractivity (Wildman–Crippen MR) is 67.6 cm³/mol. The zero-order chi connectivity index (χ0) is 12.5. The molecule has 1 aliphatic heterocycles. The Hall–Kier alpha value is -1.85. The van der Waals surface area contributed by atoms with Crippen molar-refractivity contribution in [1.29, 1.82) is 0 Å². The van der Waals surface area contributed by atoms with E-state index in [2.05, 4.69) is 20.0 Å². The van der Waals surface area contributed by atoms with Gasteiger partial charge in [-0.2, -0.15) is 0 Å². The minimum atomic E-state index is -0.00709. The number of rotatable bonds is 2. The molecule has 2 aliphatic rings. The lowest BCUT2D eigenvalue weighted by Crippen LogP contribution is -2.23. The summed E-state index contributed by atoms with van der Waals surface area (Å²) in [5.41, 5.74) is 5.86. The van der Waals surface area contributed by atoms with Crippen molar-refractivity contribution in [2.75, 3.05) is 18.0 Å². The summed E-state index contributed by atoms with van der Waals surface area (Å²) >= 11 is 0. The summed E-state index contributed by atoms with van der Waals surface area (Å²) in [5, 5.41) is 11.5. The van der Waals surface area contributed by atoms with Gasteiger partial charge in [0.2, 0.25) is 0 Å². The molecule has 2 heterocycles. The topological polar surface area (TPSA) is 87.6 Å². The van der Waals surface area contributed by atoms with Gasteiger partial charge in [0.25, 0.3) is 0 Å². The maximum Gasteiger partial charge on any atom is 0.190 e. The number of hydrogen-bond acceptors (Lipinski definition) is 5. The predicted octanol–water partition coefficient (Wildman–Crippen LogP) is 0.807. The smallest absolute Gasteiger partial charge is 0.190 e. The summed E-state index contributed by atoms with van der Waals surface area (Å²) < 4.78 is 0. The molecule has 18 heavy (non-hydrogen) atoms. The van der Waals surface area contributed by atoms with Crippen molar-refractivity contribution < 1.29 is 5.21 Å². The maximum absolute atomic E-state index is 8.56. The maximum atomic E-state index is 8.56. The highest BCUT2D eigenvalue weighted by atomic mass is 16.4. The minimum Gasteiger partial charge on any atom is -0.409 e. The quantitative estimate of drug-likeness (QED) is 0.349. The lowest BCUT2D eigenvalue weighted by molar-refractivity contribution is 0.318. The molecule has 0 aromatic carbocycles. The van der Waals surface area contributed by atoms with Crippen LogP contribution in [-0.2, 0) is 0 Å². The van der Waals surface area contributed by atoms with E-state index in [1.54, 1.807) is 12.4 Å². The molecule has 0 spiro atoms. The van der Waals surface area contributed by atoms with Gasteiger partial charge in [-0.25, -0.2) is 9.97 Å². The Balaban J connectivity index is 1.74. The first-order valence-electron chi connectivity index (χ1n) is 6.33. The zero-order valence-electron chi connectivity index (χ0n) is 10.2. The van der Waals surface area contributed by atoms with Crippen LogP contribution in [0.15, 0.2) is 17.5 Å². The lowest BCUT2D eigenvalue weighted by atomic mass is 10.0. The fourth-order valence-corrected chi connectivity index (χ4v) is 3.09. The van der Waals surface area contributed by atoms with Gasteiger partial charge in [-0.05, 0) is 24.7 Å². The fourth-order valence-electron chi connectivity index (χ4n) is 3.09. The summed E-state index contributed by atoms with van der Waals surface area (Å²) in [5.74, 6) is 2.54. The number of oxime groups is 1. The van der Waals surface area contributed by atoms with Gasteiger partial charge in [0, 0.05) is 13.1 Å². The van der Waals surface area contributed by atoms with E-state index in [0.717, 1.165) is 30.7 Å². The molecular weight excluding hydrogens is 230 g/mol. The number of hydrogen-bond donors (Lipinski definition) is 2. The normalized spacial score (nSPS) is 27.6. The van der Waals surface area contributed by atoms with E-state index in [1.165, 1.54) is 19.3 Å². The Kier molecular flexibility index (Phi) is 2.77. The van der Waals surface area contributed by atoms with Crippen LogP contribution in [0.2, 0.25) is 0 Å². The van der Waals surface area contributed by atoms with Crippen LogP contribution in [0, 0.1) is 11.8 Å². The van der Waals surface area contributed by atoms with E-state index in [9.17, 15) is 0 Å². The van der Waals surface area contributed by atoms with E-state index >= 15 is 0 Å². The highest BCUT2D eigenvalue weighted by molar-refractivity contribution is 5.94. The van der Waals surface area contributed by atoms with Gasteiger partial charge in [-0.15, -0.1) is 0 Å². The van der Waals surface area contributed by atoms with Gasteiger partial charge in [-0.1, -0.05) is 11.6 Å². The first kappa shape index (κ1) is 11.3. The van der Waals surface area contributed by atoms with Crippen molar-refractivity contribution in [3.63, 3.8) is 0 Å². The number of aromatic nitrogens is 2. The van der Waals surface area contributed by atoms with Crippen molar-refractivity contribution in [3.05, 3.63) is 18.1 Å². The van der Waals surface area contributed by atoms with Crippen LogP contribution < -0.4 is 10.6 Å².